The molecule has 2 amide bonds. The van der Waals surface area contributed by atoms with Gasteiger partial charge < -0.3 is 10.6 Å². The predicted octanol–water partition coefficient (Wildman–Crippen LogP) is 5.14. The Kier molecular flexibility index (Phi) is 7.94. The zero-order valence-corrected chi connectivity index (χ0v) is 21.1. The van der Waals surface area contributed by atoms with E-state index in [4.69, 9.17) is 0 Å². The van der Waals surface area contributed by atoms with Crippen molar-refractivity contribution in [3.63, 3.8) is 0 Å². The van der Waals surface area contributed by atoms with Gasteiger partial charge in [0.05, 0.1) is 12.3 Å². The van der Waals surface area contributed by atoms with Gasteiger partial charge >= 0.3 is 0 Å². The number of hydrogen-bond donors (Lipinski definition) is 2. The van der Waals surface area contributed by atoms with Gasteiger partial charge in [-0.1, -0.05) is 45.9 Å². The smallest absolute Gasteiger partial charge is 0.251 e. The largest absolute Gasteiger partial charge is 0.345 e. The monoisotopic (exact) mass is 553 g/mol. The van der Waals surface area contributed by atoms with Crippen LogP contribution in [0, 0.1) is 12.7 Å². The van der Waals surface area contributed by atoms with Crippen LogP contribution in [0.3, 0.4) is 0 Å². The third-order valence-electron chi connectivity index (χ3n) is 4.91. The van der Waals surface area contributed by atoms with E-state index >= 15 is 0 Å². The number of benzene rings is 3. The number of halogens is 2. The lowest BCUT2D eigenvalue weighted by Crippen LogP contribution is -2.24. The summed E-state index contributed by atoms with van der Waals surface area (Å²) in [7, 11) is 0. The number of hydrogen-bond acceptors (Lipinski definition) is 5. The van der Waals surface area contributed by atoms with Gasteiger partial charge in [0.2, 0.25) is 5.91 Å². The minimum absolute atomic E-state index is 0.0639. The zero-order valence-electron chi connectivity index (χ0n) is 18.7. The highest BCUT2D eigenvalue weighted by Crippen LogP contribution is 2.24. The molecule has 0 radical (unpaired) electrons. The van der Waals surface area contributed by atoms with Crippen molar-refractivity contribution in [1.29, 1.82) is 0 Å². The Hall–Kier alpha value is -3.50. The number of nitrogens with one attached hydrogen (secondary N) is 2. The van der Waals surface area contributed by atoms with Gasteiger partial charge in [-0.15, -0.1) is 10.2 Å². The maximum Gasteiger partial charge on any atom is 0.251 e. The molecular formula is C25H21BrFN5O2S. The molecule has 7 nitrogen and oxygen atoms in total. The van der Waals surface area contributed by atoms with Gasteiger partial charge in [-0.05, 0) is 67.1 Å². The molecule has 178 valence electrons. The molecule has 10 heteroatoms. The van der Waals surface area contributed by atoms with E-state index in [1.807, 2.05) is 55.5 Å². The van der Waals surface area contributed by atoms with Crippen LogP contribution in [0.15, 0.2) is 82.4 Å². The quantitative estimate of drug-likeness (QED) is 0.295. The summed E-state index contributed by atoms with van der Waals surface area (Å²) in [5, 5.41) is 14.6. The van der Waals surface area contributed by atoms with Crippen molar-refractivity contribution in [3.8, 4) is 5.69 Å². The molecule has 0 unspecified atom stereocenters. The van der Waals surface area contributed by atoms with Crippen LogP contribution in [-0.2, 0) is 11.3 Å². The summed E-state index contributed by atoms with van der Waals surface area (Å²) in [6, 6.07) is 20.5. The molecule has 4 aromatic rings. The van der Waals surface area contributed by atoms with Crippen molar-refractivity contribution in [2.45, 2.75) is 18.6 Å². The highest BCUT2D eigenvalue weighted by atomic mass is 79.9. The first kappa shape index (κ1) is 24.6. The number of carbonyl (C=O) groups excluding carboxylic acids is 2. The molecule has 1 aromatic heterocycles. The van der Waals surface area contributed by atoms with Crippen LogP contribution in [-0.4, -0.2) is 32.3 Å². The van der Waals surface area contributed by atoms with Crippen LogP contribution in [0.1, 0.15) is 21.7 Å². The van der Waals surface area contributed by atoms with Gasteiger partial charge in [-0.25, -0.2) is 4.39 Å². The number of amides is 2. The van der Waals surface area contributed by atoms with Crippen LogP contribution in [0.4, 0.5) is 10.1 Å². The number of carbonyl (C=O) groups is 2. The molecule has 3 aromatic carbocycles. The minimum atomic E-state index is -0.488. The molecule has 0 atom stereocenters. The molecule has 4 rings (SSSR count). The molecule has 0 fully saturated rings. The third kappa shape index (κ3) is 6.55. The lowest BCUT2D eigenvalue weighted by Gasteiger charge is -2.11. The Morgan fingerprint density at radius 1 is 1.03 bits per heavy atom. The summed E-state index contributed by atoms with van der Waals surface area (Å²) in [5.74, 6) is -0.497. The number of nitrogens with zero attached hydrogens (tertiary/aromatic N) is 3. The third-order valence-corrected chi connectivity index (χ3v) is 6.37. The lowest BCUT2D eigenvalue weighted by molar-refractivity contribution is -0.113. The SMILES string of the molecule is Cc1cccc(NC(=O)CSc2nnc(CNC(=O)c3cccc(F)c3)n2-c2ccc(Br)cc2)c1. The van der Waals surface area contributed by atoms with E-state index in [2.05, 4.69) is 36.8 Å². The van der Waals surface area contributed by atoms with Crippen molar-refractivity contribution >= 4 is 45.2 Å². The Morgan fingerprint density at radius 2 is 1.80 bits per heavy atom. The number of thioether (sulfide) groups is 1. The Balaban J connectivity index is 1.50. The van der Waals surface area contributed by atoms with Gasteiger partial charge in [0.15, 0.2) is 11.0 Å². The molecular weight excluding hydrogens is 533 g/mol. The molecule has 0 saturated carbocycles. The summed E-state index contributed by atoms with van der Waals surface area (Å²) < 4.78 is 16.2. The fourth-order valence-corrected chi connectivity index (χ4v) is 4.33. The first-order valence-corrected chi connectivity index (χ1v) is 12.4. The van der Waals surface area contributed by atoms with E-state index < -0.39 is 11.7 Å². The molecule has 0 aliphatic rings. The first-order valence-electron chi connectivity index (χ1n) is 10.6. The average Bonchev–Trinajstić information content (AvgIpc) is 3.24. The molecule has 0 aliphatic carbocycles. The van der Waals surface area contributed by atoms with Gasteiger partial charge in [0.1, 0.15) is 5.82 Å². The topological polar surface area (TPSA) is 88.9 Å². The fraction of sp³-hybridized carbons (Fsp3) is 0.120. The van der Waals surface area contributed by atoms with Crippen LogP contribution in [0.25, 0.3) is 5.69 Å². The summed E-state index contributed by atoms with van der Waals surface area (Å²) in [5.41, 5.74) is 2.76. The summed E-state index contributed by atoms with van der Waals surface area (Å²) in [6.45, 7) is 2.02. The lowest BCUT2D eigenvalue weighted by atomic mass is 10.2. The molecule has 0 saturated heterocycles. The Labute approximate surface area is 214 Å². The summed E-state index contributed by atoms with van der Waals surface area (Å²) >= 11 is 4.66. The number of anilines is 1. The molecule has 35 heavy (non-hydrogen) atoms. The molecule has 2 N–H and O–H groups in total. The van der Waals surface area contributed by atoms with E-state index in [1.54, 1.807) is 4.57 Å². The van der Waals surface area contributed by atoms with Crippen molar-refractivity contribution in [2.75, 3.05) is 11.1 Å². The molecule has 0 spiro atoms. The number of rotatable bonds is 8. The Morgan fingerprint density at radius 3 is 2.54 bits per heavy atom. The minimum Gasteiger partial charge on any atom is -0.345 e. The second-order valence-electron chi connectivity index (χ2n) is 7.61. The van der Waals surface area contributed by atoms with Crippen LogP contribution in [0.5, 0.6) is 0 Å². The fourth-order valence-electron chi connectivity index (χ4n) is 3.30. The van der Waals surface area contributed by atoms with E-state index in [0.717, 1.165) is 21.4 Å². The average molecular weight is 554 g/mol. The van der Waals surface area contributed by atoms with Crippen LogP contribution in [0.2, 0.25) is 0 Å². The van der Waals surface area contributed by atoms with Crippen molar-refractivity contribution in [1.82, 2.24) is 20.1 Å². The van der Waals surface area contributed by atoms with Crippen LogP contribution < -0.4 is 10.6 Å². The van der Waals surface area contributed by atoms with Gasteiger partial charge in [0, 0.05) is 21.4 Å². The maximum absolute atomic E-state index is 13.5. The van der Waals surface area contributed by atoms with E-state index in [0.29, 0.717) is 11.0 Å². The first-order chi connectivity index (χ1) is 16.9. The van der Waals surface area contributed by atoms with Crippen molar-refractivity contribution < 1.29 is 14.0 Å². The second kappa shape index (κ2) is 11.3. The number of aryl methyl sites for hydroxylation is 1. The molecule has 0 aliphatic heterocycles. The predicted molar refractivity (Wildman–Crippen MR) is 137 cm³/mol. The summed E-state index contributed by atoms with van der Waals surface area (Å²) in [4.78, 5) is 25.0. The van der Waals surface area contributed by atoms with Crippen LogP contribution >= 0.6 is 27.7 Å². The van der Waals surface area contributed by atoms with Gasteiger partial charge in [0.25, 0.3) is 5.91 Å². The van der Waals surface area contributed by atoms with Gasteiger partial charge in [-0.2, -0.15) is 0 Å². The highest BCUT2D eigenvalue weighted by Gasteiger charge is 2.17. The van der Waals surface area contributed by atoms with Crippen molar-refractivity contribution in [3.05, 3.63) is 100 Å². The highest BCUT2D eigenvalue weighted by molar-refractivity contribution is 9.10. The molecule has 1 heterocycles. The normalized spacial score (nSPS) is 10.7. The number of aromatic nitrogens is 3. The van der Waals surface area contributed by atoms with Gasteiger partial charge in [-0.3, -0.25) is 14.2 Å². The summed E-state index contributed by atoms with van der Waals surface area (Å²) in [6.07, 6.45) is 0. The van der Waals surface area contributed by atoms with Crippen molar-refractivity contribution in [2.24, 2.45) is 0 Å². The molecule has 0 bridgehead atoms. The zero-order chi connectivity index (χ0) is 24.8. The second-order valence-corrected chi connectivity index (χ2v) is 9.47. The maximum atomic E-state index is 13.5. The van der Waals surface area contributed by atoms with E-state index in [-0.39, 0.29) is 23.8 Å². The Bertz CT molecular complexity index is 1360. The van der Waals surface area contributed by atoms with E-state index in [9.17, 15) is 14.0 Å². The standard InChI is InChI=1S/C25H21BrFN5O2S/c1-16-4-2-7-20(12-16)29-23(33)15-35-25-31-30-22(32(25)21-10-8-18(26)9-11-21)14-28-24(34)17-5-3-6-19(27)13-17/h2-13H,14-15H2,1H3,(H,28,34)(H,29,33). The van der Waals surface area contributed by atoms with E-state index in [1.165, 1.54) is 36.0 Å².